The number of aromatic nitrogens is 1. The molecule has 0 bridgehead atoms. The van der Waals surface area contributed by atoms with Crippen molar-refractivity contribution >= 4 is 38.7 Å². The zero-order valence-electron chi connectivity index (χ0n) is 11.8. The van der Waals surface area contributed by atoms with Crippen LogP contribution in [0.1, 0.15) is 30.8 Å². The number of rotatable bonds is 5. The highest BCUT2D eigenvalue weighted by Crippen LogP contribution is 2.20. The number of benzene rings is 1. The van der Waals surface area contributed by atoms with Crippen LogP contribution in [0.3, 0.4) is 0 Å². The van der Waals surface area contributed by atoms with Gasteiger partial charge in [0.1, 0.15) is 11.7 Å². The zero-order chi connectivity index (χ0) is 15.6. The van der Waals surface area contributed by atoms with E-state index in [2.05, 4.69) is 26.2 Å². The molecule has 21 heavy (non-hydrogen) atoms. The van der Waals surface area contributed by atoms with Gasteiger partial charge < -0.3 is 15.4 Å². The Labute approximate surface area is 130 Å². The smallest absolute Gasteiger partial charge is 0.326 e. The Morgan fingerprint density at radius 2 is 2.05 bits per heavy atom. The fourth-order valence-electron chi connectivity index (χ4n) is 2.15. The monoisotopic (exact) mass is 352 g/mol. The van der Waals surface area contributed by atoms with Crippen molar-refractivity contribution in [3.63, 3.8) is 0 Å². The number of carbonyl (C=O) groups is 2. The van der Waals surface area contributed by atoms with E-state index in [0.717, 1.165) is 15.4 Å². The first-order valence-corrected chi connectivity index (χ1v) is 7.48. The molecule has 0 spiro atoms. The van der Waals surface area contributed by atoms with Gasteiger partial charge in [0, 0.05) is 15.4 Å². The Bertz CT molecular complexity index is 679. The Morgan fingerprint density at radius 1 is 1.33 bits per heavy atom. The van der Waals surface area contributed by atoms with Crippen molar-refractivity contribution in [1.82, 2.24) is 10.3 Å². The highest BCUT2D eigenvalue weighted by molar-refractivity contribution is 9.10. The number of carbonyl (C=O) groups excluding carboxylic acids is 1. The number of carboxylic acids is 1. The predicted octanol–water partition coefficient (Wildman–Crippen LogP) is 3.16. The number of nitrogens with one attached hydrogen (secondary N) is 2. The zero-order valence-corrected chi connectivity index (χ0v) is 13.4. The van der Waals surface area contributed by atoms with E-state index < -0.39 is 17.9 Å². The number of hydrogen-bond donors (Lipinski definition) is 3. The molecule has 0 radical (unpaired) electrons. The lowest BCUT2D eigenvalue weighted by Gasteiger charge is -2.15. The minimum atomic E-state index is -1.02. The van der Waals surface area contributed by atoms with E-state index in [1.54, 1.807) is 6.07 Å². The van der Waals surface area contributed by atoms with E-state index >= 15 is 0 Å². The van der Waals surface area contributed by atoms with Gasteiger partial charge in [0.15, 0.2) is 0 Å². The fraction of sp³-hybridized carbons (Fsp3) is 0.333. The largest absolute Gasteiger partial charge is 0.480 e. The van der Waals surface area contributed by atoms with Crippen molar-refractivity contribution in [3.05, 3.63) is 34.4 Å². The van der Waals surface area contributed by atoms with Gasteiger partial charge in [-0.3, -0.25) is 4.79 Å². The Balaban J connectivity index is 2.19. The van der Waals surface area contributed by atoms with Crippen molar-refractivity contribution in [2.45, 2.75) is 26.3 Å². The van der Waals surface area contributed by atoms with E-state index in [1.807, 2.05) is 32.0 Å². The van der Waals surface area contributed by atoms with Gasteiger partial charge in [-0.15, -0.1) is 0 Å². The molecule has 1 heterocycles. The van der Waals surface area contributed by atoms with E-state index in [0.29, 0.717) is 12.1 Å². The summed E-state index contributed by atoms with van der Waals surface area (Å²) in [5.41, 5.74) is 1.18. The third-order valence-electron chi connectivity index (χ3n) is 3.14. The highest BCUT2D eigenvalue weighted by Gasteiger charge is 2.22. The summed E-state index contributed by atoms with van der Waals surface area (Å²) in [7, 11) is 0. The molecule has 0 saturated heterocycles. The quantitative estimate of drug-likeness (QED) is 0.772. The molecule has 112 valence electrons. The van der Waals surface area contributed by atoms with Gasteiger partial charge in [0.25, 0.3) is 5.91 Å². The number of aromatic amines is 1. The Morgan fingerprint density at radius 3 is 2.67 bits per heavy atom. The summed E-state index contributed by atoms with van der Waals surface area (Å²) in [6.45, 7) is 3.84. The molecule has 3 N–H and O–H groups in total. The standard InChI is InChI=1S/C15H17BrN2O3/c1-8(2)5-13(15(20)21)18-14(19)12-6-9-3-4-10(16)7-11(9)17-12/h3-4,6-8,13,17H,5H2,1-2H3,(H,18,19)(H,20,21). The first-order valence-electron chi connectivity index (χ1n) is 6.68. The molecule has 0 fully saturated rings. The summed E-state index contributed by atoms with van der Waals surface area (Å²) >= 11 is 3.37. The molecule has 1 unspecified atom stereocenters. The minimum absolute atomic E-state index is 0.185. The highest BCUT2D eigenvalue weighted by atomic mass is 79.9. The molecular weight excluding hydrogens is 336 g/mol. The van der Waals surface area contributed by atoms with E-state index in [4.69, 9.17) is 5.11 Å². The molecule has 1 aromatic heterocycles. The molecule has 5 nitrogen and oxygen atoms in total. The number of fused-ring (bicyclic) bond motifs is 1. The number of amides is 1. The number of carboxylic acid groups (broad SMARTS) is 1. The summed E-state index contributed by atoms with van der Waals surface area (Å²) in [6.07, 6.45) is 0.396. The maximum atomic E-state index is 12.2. The van der Waals surface area contributed by atoms with E-state index in [-0.39, 0.29) is 5.92 Å². The molecule has 1 aromatic carbocycles. The van der Waals surface area contributed by atoms with Gasteiger partial charge in [-0.25, -0.2) is 4.79 Å². The van der Waals surface area contributed by atoms with Gasteiger partial charge in [-0.05, 0) is 30.5 Å². The van der Waals surface area contributed by atoms with Crippen molar-refractivity contribution in [2.24, 2.45) is 5.92 Å². The van der Waals surface area contributed by atoms with Crippen LogP contribution in [0.25, 0.3) is 10.9 Å². The second-order valence-corrected chi connectivity index (χ2v) is 6.32. The second-order valence-electron chi connectivity index (χ2n) is 5.41. The van der Waals surface area contributed by atoms with Crippen LogP contribution in [-0.4, -0.2) is 28.0 Å². The third-order valence-corrected chi connectivity index (χ3v) is 3.63. The Hall–Kier alpha value is -1.82. The van der Waals surface area contributed by atoms with Gasteiger partial charge in [-0.2, -0.15) is 0 Å². The average Bonchev–Trinajstić information content (AvgIpc) is 2.80. The van der Waals surface area contributed by atoms with Crippen LogP contribution in [0.5, 0.6) is 0 Å². The SMILES string of the molecule is CC(C)CC(NC(=O)c1cc2ccc(Br)cc2[nH]1)C(=O)O. The van der Waals surface area contributed by atoms with Gasteiger partial charge in [0.05, 0.1) is 0 Å². The topological polar surface area (TPSA) is 82.2 Å². The average molecular weight is 353 g/mol. The molecule has 2 rings (SSSR count). The molecule has 1 atom stereocenters. The molecule has 6 heteroatoms. The summed E-state index contributed by atoms with van der Waals surface area (Å²) in [6, 6.07) is 6.47. The minimum Gasteiger partial charge on any atom is -0.480 e. The van der Waals surface area contributed by atoms with Crippen molar-refractivity contribution in [1.29, 1.82) is 0 Å². The lowest BCUT2D eigenvalue weighted by atomic mass is 10.0. The molecule has 0 aliphatic rings. The van der Waals surface area contributed by atoms with E-state index in [1.165, 1.54) is 0 Å². The van der Waals surface area contributed by atoms with Crippen LogP contribution < -0.4 is 5.32 Å². The molecule has 0 saturated carbocycles. The lowest BCUT2D eigenvalue weighted by Crippen LogP contribution is -2.41. The van der Waals surface area contributed by atoms with E-state index in [9.17, 15) is 9.59 Å². The maximum absolute atomic E-state index is 12.2. The van der Waals surface area contributed by atoms with Crippen LogP contribution in [0.15, 0.2) is 28.7 Å². The first kappa shape index (κ1) is 15.6. The predicted molar refractivity (Wildman–Crippen MR) is 84.3 cm³/mol. The number of hydrogen-bond acceptors (Lipinski definition) is 2. The summed E-state index contributed by atoms with van der Waals surface area (Å²) in [5, 5.41) is 12.6. The molecular formula is C15H17BrN2O3. The van der Waals surface area contributed by atoms with Crippen molar-refractivity contribution < 1.29 is 14.7 Å². The lowest BCUT2D eigenvalue weighted by molar-refractivity contribution is -0.139. The van der Waals surface area contributed by atoms with Crippen LogP contribution in [0, 0.1) is 5.92 Å². The van der Waals surface area contributed by atoms with Crippen LogP contribution in [0.2, 0.25) is 0 Å². The molecule has 2 aromatic rings. The number of H-pyrrole nitrogens is 1. The molecule has 0 aliphatic carbocycles. The van der Waals surface area contributed by atoms with Crippen molar-refractivity contribution in [3.8, 4) is 0 Å². The Kier molecular flexibility index (Phi) is 4.67. The third kappa shape index (κ3) is 3.85. The normalized spacial score (nSPS) is 12.6. The van der Waals surface area contributed by atoms with Gasteiger partial charge >= 0.3 is 5.97 Å². The number of halogens is 1. The van der Waals surface area contributed by atoms with Crippen LogP contribution >= 0.6 is 15.9 Å². The molecule has 0 aliphatic heterocycles. The summed E-state index contributed by atoms with van der Waals surface area (Å²) < 4.78 is 0.909. The van der Waals surface area contributed by atoms with Gasteiger partial charge in [0.2, 0.25) is 0 Å². The summed E-state index contributed by atoms with van der Waals surface area (Å²) in [4.78, 5) is 26.4. The second kappa shape index (κ2) is 6.30. The maximum Gasteiger partial charge on any atom is 0.326 e. The first-order chi connectivity index (χ1) is 9.86. The summed E-state index contributed by atoms with van der Waals surface area (Å²) in [5.74, 6) is -1.24. The number of aliphatic carboxylic acids is 1. The fourth-order valence-corrected chi connectivity index (χ4v) is 2.51. The van der Waals surface area contributed by atoms with Gasteiger partial charge in [-0.1, -0.05) is 35.8 Å². The molecule has 1 amide bonds. The van der Waals surface area contributed by atoms with Crippen LogP contribution in [0.4, 0.5) is 0 Å². The van der Waals surface area contributed by atoms with Crippen molar-refractivity contribution in [2.75, 3.05) is 0 Å². The van der Waals surface area contributed by atoms with Crippen LogP contribution in [-0.2, 0) is 4.79 Å².